The van der Waals surface area contributed by atoms with E-state index in [2.05, 4.69) is 13.8 Å². The molecular formula is C15H18O2. The van der Waals surface area contributed by atoms with Crippen molar-refractivity contribution in [2.24, 2.45) is 0 Å². The molecule has 2 N–H and O–H groups in total. The Morgan fingerprint density at radius 3 is 1.53 bits per heavy atom. The zero-order valence-electron chi connectivity index (χ0n) is 10.2. The molecule has 2 heteroatoms. The first-order valence-electron chi connectivity index (χ1n) is 5.62. The minimum Gasteiger partial charge on any atom is -0.508 e. The van der Waals surface area contributed by atoms with Gasteiger partial charge in [-0.2, -0.15) is 0 Å². The Morgan fingerprint density at radius 2 is 1.18 bits per heavy atom. The maximum Gasteiger partial charge on any atom is 0.115 e. The summed E-state index contributed by atoms with van der Waals surface area (Å²) < 4.78 is 0. The van der Waals surface area contributed by atoms with Gasteiger partial charge in [-0.05, 0) is 35.7 Å². The number of phenols is 2. The fraction of sp³-hybridized carbons (Fsp3) is 0.200. The van der Waals surface area contributed by atoms with Crippen molar-refractivity contribution in [2.75, 3.05) is 0 Å². The van der Waals surface area contributed by atoms with Gasteiger partial charge in [0.2, 0.25) is 0 Å². The van der Waals surface area contributed by atoms with Crippen molar-refractivity contribution in [1.82, 2.24) is 0 Å². The molecular weight excluding hydrogens is 212 g/mol. The van der Waals surface area contributed by atoms with Gasteiger partial charge >= 0.3 is 0 Å². The predicted octanol–water partition coefficient (Wildman–Crippen LogP) is 3.91. The Balaban J connectivity index is 0.000000181. The van der Waals surface area contributed by atoms with Crippen LogP contribution in [-0.4, -0.2) is 10.2 Å². The van der Waals surface area contributed by atoms with Gasteiger partial charge in [0, 0.05) is 0 Å². The molecule has 0 saturated heterocycles. The average Bonchev–Trinajstić information content (AvgIpc) is 2.31. The fourth-order valence-electron chi connectivity index (χ4n) is 1.29. The van der Waals surface area contributed by atoms with Crippen molar-refractivity contribution in [3.05, 3.63) is 60.2 Å². The summed E-state index contributed by atoms with van der Waals surface area (Å²) in [5.41, 5.74) is 1.26. The largest absolute Gasteiger partial charge is 0.508 e. The molecule has 2 aromatic rings. The fourth-order valence-corrected chi connectivity index (χ4v) is 1.29. The maximum absolute atomic E-state index is 8.94. The molecule has 0 aromatic heterocycles. The predicted molar refractivity (Wildman–Crippen MR) is 70.3 cm³/mol. The summed E-state index contributed by atoms with van der Waals surface area (Å²) in [6.45, 7) is 4.26. The lowest BCUT2D eigenvalue weighted by Crippen LogP contribution is -1.84. The molecule has 0 spiro atoms. The van der Waals surface area contributed by atoms with Gasteiger partial charge < -0.3 is 10.2 Å². The van der Waals surface area contributed by atoms with Crippen LogP contribution in [0.2, 0.25) is 0 Å². The van der Waals surface area contributed by atoms with E-state index in [0.29, 0.717) is 17.4 Å². The summed E-state index contributed by atoms with van der Waals surface area (Å²) in [5.74, 6) is 1.20. The summed E-state index contributed by atoms with van der Waals surface area (Å²) in [4.78, 5) is 0. The number of hydrogen-bond acceptors (Lipinski definition) is 2. The number of aromatic hydroxyl groups is 2. The molecule has 2 nitrogen and oxygen atoms in total. The van der Waals surface area contributed by atoms with Crippen molar-refractivity contribution in [2.45, 2.75) is 19.8 Å². The number of phenolic OH excluding ortho intramolecular Hbond substituents is 2. The molecule has 2 rings (SSSR count). The summed E-state index contributed by atoms with van der Waals surface area (Å²) >= 11 is 0. The first-order chi connectivity index (χ1) is 8.09. The van der Waals surface area contributed by atoms with Gasteiger partial charge in [-0.25, -0.2) is 0 Å². The Morgan fingerprint density at radius 1 is 0.706 bits per heavy atom. The Bertz CT molecular complexity index is 418. The minimum atomic E-state index is 0.322. The highest BCUT2D eigenvalue weighted by molar-refractivity contribution is 5.27. The zero-order chi connectivity index (χ0) is 12.7. The van der Waals surface area contributed by atoms with E-state index in [4.69, 9.17) is 10.2 Å². The van der Waals surface area contributed by atoms with Crippen molar-refractivity contribution in [3.8, 4) is 11.5 Å². The molecule has 0 radical (unpaired) electrons. The maximum atomic E-state index is 8.94. The average molecular weight is 230 g/mol. The Labute approximate surface area is 102 Å². The molecule has 0 atom stereocenters. The van der Waals surface area contributed by atoms with Crippen LogP contribution in [0, 0.1) is 0 Å². The molecule has 0 aliphatic heterocycles. The van der Waals surface area contributed by atoms with Crippen LogP contribution in [0.5, 0.6) is 11.5 Å². The molecule has 0 bridgehead atoms. The molecule has 0 amide bonds. The Hall–Kier alpha value is -1.96. The second-order valence-corrected chi connectivity index (χ2v) is 4.08. The second kappa shape index (κ2) is 6.59. The van der Waals surface area contributed by atoms with E-state index in [0.717, 1.165) is 0 Å². The third-order valence-corrected chi connectivity index (χ3v) is 2.32. The highest BCUT2D eigenvalue weighted by atomic mass is 16.3. The molecule has 0 unspecified atom stereocenters. The minimum absolute atomic E-state index is 0.322. The van der Waals surface area contributed by atoms with Crippen molar-refractivity contribution >= 4 is 0 Å². The van der Waals surface area contributed by atoms with Gasteiger partial charge in [0.05, 0.1) is 0 Å². The molecule has 0 fully saturated rings. The lowest BCUT2D eigenvalue weighted by molar-refractivity contribution is 0.474. The SMILES string of the molecule is CC(C)c1ccc(O)cc1.Oc1ccccc1. The van der Waals surface area contributed by atoms with Crippen molar-refractivity contribution in [3.63, 3.8) is 0 Å². The number of hydrogen-bond donors (Lipinski definition) is 2. The van der Waals surface area contributed by atoms with Gasteiger partial charge in [-0.1, -0.05) is 44.2 Å². The summed E-state index contributed by atoms with van der Waals surface area (Å²) in [6, 6.07) is 16.0. The number of rotatable bonds is 1. The first-order valence-corrected chi connectivity index (χ1v) is 5.62. The molecule has 0 heterocycles. The van der Waals surface area contributed by atoms with E-state index in [9.17, 15) is 0 Å². The van der Waals surface area contributed by atoms with Gasteiger partial charge in [-0.3, -0.25) is 0 Å². The third kappa shape index (κ3) is 5.07. The standard InChI is InChI=1S/C9H12O.C6H6O/c1-7(2)8-3-5-9(10)6-4-8;7-6-4-2-1-3-5-6/h3-7,10H,1-2H3;1-5,7H. The number of para-hydroxylation sites is 1. The van der Waals surface area contributed by atoms with Crippen LogP contribution in [0.15, 0.2) is 54.6 Å². The molecule has 0 aliphatic rings. The zero-order valence-corrected chi connectivity index (χ0v) is 10.2. The third-order valence-electron chi connectivity index (χ3n) is 2.32. The van der Waals surface area contributed by atoms with Crippen LogP contribution in [0.1, 0.15) is 25.3 Å². The van der Waals surface area contributed by atoms with E-state index in [1.54, 1.807) is 36.4 Å². The van der Waals surface area contributed by atoms with Crippen LogP contribution in [0.4, 0.5) is 0 Å². The highest BCUT2D eigenvalue weighted by Crippen LogP contribution is 2.16. The van der Waals surface area contributed by atoms with E-state index in [-0.39, 0.29) is 0 Å². The summed E-state index contributed by atoms with van der Waals surface area (Å²) in [7, 11) is 0. The topological polar surface area (TPSA) is 40.5 Å². The highest BCUT2D eigenvalue weighted by Gasteiger charge is 1.96. The second-order valence-electron chi connectivity index (χ2n) is 4.08. The Kier molecular flexibility index (Phi) is 5.08. The monoisotopic (exact) mass is 230 g/mol. The quantitative estimate of drug-likeness (QED) is 0.779. The lowest BCUT2D eigenvalue weighted by atomic mass is 10.0. The van der Waals surface area contributed by atoms with Crippen molar-refractivity contribution < 1.29 is 10.2 Å². The van der Waals surface area contributed by atoms with E-state index < -0.39 is 0 Å². The molecule has 17 heavy (non-hydrogen) atoms. The smallest absolute Gasteiger partial charge is 0.115 e. The lowest BCUT2D eigenvalue weighted by Gasteiger charge is -2.03. The normalized spacial score (nSPS) is 9.59. The van der Waals surface area contributed by atoms with E-state index in [1.165, 1.54) is 5.56 Å². The van der Waals surface area contributed by atoms with Crippen LogP contribution < -0.4 is 0 Å². The van der Waals surface area contributed by atoms with Crippen LogP contribution >= 0.6 is 0 Å². The van der Waals surface area contributed by atoms with E-state index in [1.807, 2.05) is 18.2 Å². The molecule has 2 aromatic carbocycles. The van der Waals surface area contributed by atoms with Crippen LogP contribution in [0.25, 0.3) is 0 Å². The van der Waals surface area contributed by atoms with Gasteiger partial charge in [0.25, 0.3) is 0 Å². The van der Waals surface area contributed by atoms with Gasteiger partial charge in [0.1, 0.15) is 11.5 Å². The van der Waals surface area contributed by atoms with Gasteiger partial charge in [-0.15, -0.1) is 0 Å². The summed E-state index contributed by atoms with van der Waals surface area (Å²) in [5, 5.41) is 17.6. The van der Waals surface area contributed by atoms with Crippen LogP contribution in [-0.2, 0) is 0 Å². The molecule has 90 valence electrons. The molecule has 0 saturated carbocycles. The summed E-state index contributed by atoms with van der Waals surface area (Å²) in [6.07, 6.45) is 0. The first kappa shape index (κ1) is 13.1. The van der Waals surface area contributed by atoms with Crippen LogP contribution in [0.3, 0.4) is 0 Å². The number of benzene rings is 2. The molecule has 0 aliphatic carbocycles. The van der Waals surface area contributed by atoms with Gasteiger partial charge in [0.15, 0.2) is 0 Å². The van der Waals surface area contributed by atoms with E-state index >= 15 is 0 Å². The van der Waals surface area contributed by atoms with Crippen molar-refractivity contribution in [1.29, 1.82) is 0 Å².